The molecular formula is C44H61N5O9S. The zero-order valence-electron chi connectivity index (χ0n) is 35.3. The smallest absolute Gasteiger partial charge is 0.408 e. The molecule has 4 aliphatic carbocycles. The minimum atomic E-state index is -1.15. The third-order valence-corrected chi connectivity index (χ3v) is 12.4. The van der Waals surface area contributed by atoms with Gasteiger partial charge in [-0.2, -0.15) is 11.8 Å². The number of aryl methyl sites for hydroxylation is 2. The van der Waals surface area contributed by atoms with Gasteiger partial charge in [-0.1, -0.05) is 30.3 Å². The molecule has 4 fully saturated rings. The summed E-state index contributed by atoms with van der Waals surface area (Å²) in [7, 11) is 1.41. The van der Waals surface area contributed by atoms with Crippen LogP contribution < -0.4 is 26.6 Å². The fourth-order valence-electron chi connectivity index (χ4n) is 9.74. The summed E-state index contributed by atoms with van der Waals surface area (Å²) in [5, 5.41) is 24.3. The lowest BCUT2D eigenvalue weighted by atomic mass is 9.47. The van der Waals surface area contributed by atoms with Gasteiger partial charge in [0.15, 0.2) is 0 Å². The van der Waals surface area contributed by atoms with Gasteiger partial charge in [-0.25, -0.2) is 4.79 Å². The molecule has 6 rings (SSSR count). The van der Waals surface area contributed by atoms with Crippen LogP contribution >= 0.6 is 11.8 Å². The van der Waals surface area contributed by atoms with Gasteiger partial charge in [0.1, 0.15) is 29.5 Å². The number of carbonyl (C=O) groups is 6. The average molecular weight is 836 g/mol. The van der Waals surface area contributed by atoms with Crippen LogP contribution in [0.3, 0.4) is 0 Å². The molecule has 5 atom stereocenters. The van der Waals surface area contributed by atoms with E-state index in [0.29, 0.717) is 24.0 Å². The van der Waals surface area contributed by atoms with Crippen LogP contribution in [0.25, 0.3) is 0 Å². The van der Waals surface area contributed by atoms with E-state index in [2.05, 4.69) is 26.6 Å². The van der Waals surface area contributed by atoms with Gasteiger partial charge >= 0.3 is 12.1 Å². The van der Waals surface area contributed by atoms with Crippen LogP contribution in [0.4, 0.5) is 4.79 Å². The molecule has 15 heteroatoms. The van der Waals surface area contributed by atoms with Crippen molar-refractivity contribution < 1.29 is 43.3 Å². The highest BCUT2D eigenvalue weighted by Crippen LogP contribution is 2.62. The van der Waals surface area contributed by atoms with Gasteiger partial charge in [0.05, 0.1) is 19.1 Å². The van der Waals surface area contributed by atoms with E-state index in [9.17, 15) is 33.9 Å². The highest BCUT2D eigenvalue weighted by molar-refractivity contribution is 7.98. The van der Waals surface area contributed by atoms with Gasteiger partial charge in [0.25, 0.3) is 0 Å². The fraction of sp³-hybridized carbons (Fsp3) is 0.591. The number of hydrogen-bond acceptors (Lipinski definition) is 10. The van der Waals surface area contributed by atoms with Gasteiger partial charge < -0.3 is 41.2 Å². The first kappa shape index (κ1) is 45.3. The quantitative estimate of drug-likeness (QED) is 0.126. The van der Waals surface area contributed by atoms with Crippen molar-refractivity contribution >= 4 is 47.5 Å². The second-order valence-corrected chi connectivity index (χ2v) is 18.8. The maximum atomic E-state index is 14.2. The van der Waals surface area contributed by atoms with Crippen molar-refractivity contribution in [2.45, 2.75) is 122 Å². The summed E-state index contributed by atoms with van der Waals surface area (Å²) >= 11 is 1.48. The Kier molecular flexibility index (Phi) is 14.6. The topological polar surface area (TPSA) is 201 Å². The number of phenols is 1. The van der Waals surface area contributed by atoms with Crippen molar-refractivity contribution in [3.05, 3.63) is 64.7 Å². The van der Waals surface area contributed by atoms with Crippen molar-refractivity contribution in [2.24, 2.45) is 17.3 Å². The lowest BCUT2D eigenvalue weighted by Crippen LogP contribution is -2.67. The number of rotatable bonds is 17. The number of nitrogens with one attached hydrogen (secondary N) is 5. The van der Waals surface area contributed by atoms with E-state index in [-0.39, 0.29) is 36.9 Å². The third-order valence-electron chi connectivity index (χ3n) is 11.8. The van der Waals surface area contributed by atoms with Crippen molar-refractivity contribution in [1.82, 2.24) is 26.6 Å². The van der Waals surface area contributed by atoms with E-state index < -0.39 is 65.0 Å². The van der Waals surface area contributed by atoms with Crippen LogP contribution in [-0.4, -0.2) is 95.7 Å². The normalized spacial score (nSPS) is 23.2. The Balaban J connectivity index is 1.27. The molecule has 3 unspecified atom stereocenters. The summed E-state index contributed by atoms with van der Waals surface area (Å²) in [6.45, 7) is 8.24. The molecule has 6 N–H and O–H groups in total. The van der Waals surface area contributed by atoms with Crippen molar-refractivity contribution in [2.75, 3.05) is 25.7 Å². The van der Waals surface area contributed by atoms with E-state index in [1.165, 1.54) is 18.9 Å². The van der Waals surface area contributed by atoms with Gasteiger partial charge in [-0.3, -0.25) is 24.0 Å². The Bertz CT molecular complexity index is 1850. The number of phenolic OH excluding ortho intramolecular Hbond substituents is 1. The lowest BCUT2D eigenvalue weighted by Gasteiger charge is -2.60. The van der Waals surface area contributed by atoms with Crippen LogP contribution in [0, 0.1) is 31.1 Å². The van der Waals surface area contributed by atoms with Crippen LogP contribution in [0.2, 0.25) is 0 Å². The number of amides is 5. The molecular weight excluding hydrogens is 775 g/mol. The number of benzene rings is 2. The van der Waals surface area contributed by atoms with Crippen LogP contribution in [0.15, 0.2) is 42.5 Å². The Morgan fingerprint density at radius 2 is 1.47 bits per heavy atom. The standard InChI is InChI=1S/C44H61N5O9S/c1-26-15-31(50)16-27(2)32(26)19-35(48-41(56)58-42(3,4)5)38(53)47-33(13-14-59-7)37(52)45-24-36(51)46-34(18-28-11-9-8-10-12-28)39(54)49-44-22-29-17-30(23-44)21-43(20-29,25-44)40(55)57-6/h8-12,15-16,29-30,33-35,50H,13-14,17-25H2,1-7H3,(H,45,52)(H,46,51)(H,47,53)(H,48,56)(H,49,54)/t29?,30?,33-,34+,35?,43?,44?/m1/s1. The first-order valence-corrected chi connectivity index (χ1v) is 21.8. The zero-order valence-corrected chi connectivity index (χ0v) is 36.1. The largest absolute Gasteiger partial charge is 0.508 e. The van der Waals surface area contributed by atoms with Crippen LogP contribution in [0.5, 0.6) is 5.75 Å². The van der Waals surface area contributed by atoms with Gasteiger partial charge in [0.2, 0.25) is 23.6 Å². The fourth-order valence-corrected chi connectivity index (χ4v) is 10.2. The molecule has 2 aromatic carbocycles. The summed E-state index contributed by atoms with van der Waals surface area (Å²) in [4.78, 5) is 81.3. The summed E-state index contributed by atoms with van der Waals surface area (Å²) in [6, 6.07) is 9.30. The van der Waals surface area contributed by atoms with E-state index >= 15 is 0 Å². The van der Waals surface area contributed by atoms with Crippen molar-refractivity contribution in [3.63, 3.8) is 0 Å². The van der Waals surface area contributed by atoms with E-state index in [4.69, 9.17) is 9.47 Å². The number of alkyl carbamates (subject to hydrolysis) is 1. The first-order chi connectivity index (χ1) is 27.8. The van der Waals surface area contributed by atoms with E-state index in [0.717, 1.165) is 54.4 Å². The van der Waals surface area contributed by atoms with E-state index in [1.54, 1.807) is 46.8 Å². The molecule has 0 saturated heterocycles. The van der Waals surface area contributed by atoms with Crippen molar-refractivity contribution in [3.8, 4) is 5.75 Å². The molecule has 2 aromatic rings. The molecule has 0 aromatic heterocycles. The monoisotopic (exact) mass is 835 g/mol. The number of ether oxygens (including phenoxy) is 2. The second kappa shape index (κ2) is 19.1. The van der Waals surface area contributed by atoms with Gasteiger partial charge in [0, 0.05) is 18.4 Å². The zero-order chi connectivity index (χ0) is 43.1. The molecule has 4 saturated carbocycles. The Hall–Kier alpha value is -4.79. The highest BCUT2D eigenvalue weighted by Gasteiger charge is 2.61. The Labute approximate surface area is 351 Å². The third kappa shape index (κ3) is 11.9. The minimum absolute atomic E-state index is 0.0550. The average Bonchev–Trinajstić information content (AvgIpc) is 3.14. The molecule has 322 valence electrons. The van der Waals surface area contributed by atoms with Crippen LogP contribution in [0.1, 0.15) is 88.0 Å². The predicted octanol–water partition coefficient (Wildman–Crippen LogP) is 4.15. The van der Waals surface area contributed by atoms with E-state index in [1.807, 2.05) is 36.6 Å². The SMILES string of the molecule is COC(=O)C12CC3CC(CC(NC(=O)[C@H](Cc4ccccc4)NC(=O)CNC(=O)[C@@H](CCSC)NC(=O)C(Cc4c(C)cc(O)cc4C)NC(=O)OC(C)(C)C)(C3)C1)C2. The highest BCUT2D eigenvalue weighted by atomic mass is 32.2. The first-order valence-electron chi connectivity index (χ1n) is 20.4. The number of thioether (sulfide) groups is 1. The number of aromatic hydroxyl groups is 1. The van der Waals surface area contributed by atoms with Gasteiger partial charge in [-0.05, 0) is 138 Å². The maximum absolute atomic E-state index is 14.2. The minimum Gasteiger partial charge on any atom is -0.508 e. The second-order valence-electron chi connectivity index (χ2n) is 17.8. The molecule has 5 amide bonds. The molecule has 14 nitrogen and oxygen atoms in total. The summed E-state index contributed by atoms with van der Waals surface area (Å²) < 4.78 is 10.7. The molecule has 0 aliphatic heterocycles. The lowest BCUT2D eigenvalue weighted by molar-refractivity contribution is -0.173. The van der Waals surface area contributed by atoms with Crippen LogP contribution in [-0.2, 0) is 46.3 Å². The molecule has 0 radical (unpaired) electrons. The molecule has 4 aliphatic rings. The molecule has 0 spiro atoms. The maximum Gasteiger partial charge on any atom is 0.408 e. The number of carbonyl (C=O) groups excluding carboxylic acids is 6. The number of esters is 1. The summed E-state index contributed by atoms with van der Waals surface area (Å²) in [6.07, 6.45) is 6.11. The number of methoxy groups -OCH3 is 1. The molecule has 4 bridgehead atoms. The van der Waals surface area contributed by atoms with Gasteiger partial charge in [-0.15, -0.1) is 0 Å². The predicted molar refractivity (Wildman–Crippen MR) is 224 cm³/mol. The summed E-state index contributed by atoms with van der Waals surface area (Å²) in [5.41, 5.74) is 0.974. The molecule has 0 heterocycles. The molecule has 59 heavy (non-hydrogen) atoms. The number of hydrogen-bond donors (Lipinski definition) is 6. The summed E-state index contributed by atoms with van der Waals surface area (Å²) in [5.74, 6) is -1.23. The van der Waals surface area contributed by atoms with Crippen molar-refractivity contribution in [1.29, 1.82) is 0 Å². The Morgan fingerprint density at radius 3 is 2.07 bits per heavy atom. The Morgan fingerprint density at radius 1 is 0.847 bits per heavy atom.